The average Bonchev–Trinajstić information content (AvgIpc) is 3.89. The molecule has 3 aromatic heterocycles. The lowest BCUT2D eigenvalue weighted by atomic mass is 9.94. The first-order valence-electron chi connectivity index (χ1n) is 19.4. The molecular weight excluding hydrogens is 711 g/mol. The molecular formula is C52H31N5O. The predicted octanol–water partition coefficient (Wildman–Crippen LogP) is 13.2. The van der Waals surface area contributed by atoms with Crippen LogP contribution in [0.15, 0.2) is 192 Å². The quantitative estimate of drug-likeness (QED) is 0.164. The molecule has 0 fully saturated rings. The largest absolute Gasteiger partial charge is 0.435 e. The van der Waals surface area contributed by atoms with Crippen LogP contribution < -0.4 is 0 Å². The Morgan fingerprint density at radius 3 is 1.64 bits per heavy atom. The third-order valence-corrected chi connectivity index (χ3v) is 11.2. The Hall–Kier alpha value is -7.96. The molecule has 9 aromatic carbocycles. The van der Waals surface area contributed by atoms with Crippen molar-refractivity contribution in [3.63, 3.8) is 0 Å². The van der Waals surface area contributed by atoms with E-state index in [0.717, 1.165) is 87.8 Å². The van der Waals surface area contributed by atoms with Gasteiger partial charge in [0.05, 0.1) is 11.0 Å². The summed E-state index contributed by atoms with van der Waals surface area (Å²) < 4.78 is 8.93. The highest BCUT2D eigenvalue weighted by atomic mass is 16.3. The van der Waals surface area contributed by atoms with Gasteiger partial charge in [0.15, 0.2) is 23.1 Å². The molecule has 0 saturated heterocycles. The van der Waals surface area contributed by atoms with E-state index in [0.29, 0.717) is 23.4 Å². The summed E-state index contributed by atoms with van der Waals surface area (Å²) in [6.07, 6.45) is 0. The maximum Gasteiger partial charge on any atom is 0.227 e. The summed E-state index contributed by atoms with van der Waals surface area (Å²) in [6.45, 7) is 0. The average molecular weight is 742 g/mol. The second-order valence-corrected chi connectivity index (χ2v) is 14.7. The van der Waals surface area contributed by atoms with E-state index < -0.39 is 0 Å². The summed E-state index contributed by atoms with van der Waals surface area (Å²) in [7, 11) is 0. The second kappa shape index (κ2) is 12.8. The topological polar surface area (TPSA) is 69.6 Å². The third-order valence-electron chi connectivity index (χ3n) is 11.2. The zero-order chi connectivity index (χ0) is 38.2. The van der Waals surface area contributed by atoms with Crippen molar-refractivity contribution in [2.75, 3.05) is 0 Å². The lowest BCUT2D eigenvalue weighted by Crippen LogP contribution is -2.00. The Balaban J connectivity index is 1.08. The Bertz CT molecular complexity index is 3550. The van der Waals surface area contributed by atoms with Gasteiger partial charge < -0.3 is 8.98 Å². The standard InChI is InChI=1S/C52H31N5O/c1-4-12-35(13-5-1)49-54-50(56-51(55-49)38-27-29-45-42(31-38)40-18-10-11-19-44(40)57(45)39-16-8-3-9-17-39)37-25-21-32-20-22-33-23-24-34-26-28-43-48(47(34)46(33)41(32)30-37)58-52(53-43)36-14-6-2-7-15-36/h1-31H. The van der Waals surface area contributed by atoms with Crippen LogP contribution in [0.3, 0.4) is 0 Å². The van der Waals surface area contributed by atoms with Gasteiger partial charge in [-0.15, -0.1) is 0 Å². The Morgan fingerprint density at radius 1 is 0.362 bits per heavy atom. The molecule has 0 unspecified atom stereocenters. The minimum atomic E-state index is 0.603. The first kappa shape index (κ1) is 32.3. The molecule has 6 nitrogen and oxygen atoms in total. The van der Waals surface area contributed by atoms with Gasteiger partial charge in [0.1, 0.15) is 5.52 Å². The van der Waals surface area contributed by atoms with Crippen molar-refractivity contribution >= 4 is 65.2 Å². The van der Waals surface area contributed by atoms with Crippen LogP contribution in [0.4, 0.5) is 0 Å². The zero-order valence-electron chi connectivity index (χ0n) is 31.0. The van der Waals surface area contributed by atoms with Crippen LogP contribution in [-0.2, 0) is 0 Å². The number of benzene rings is 9. The number of hydrogen-bond acceptors (Lipinski definition) is 5. The molecule has 0 aliphatic carbocycles. The number of fused-ring (bicyclic) bond motifs is 10. The molecule has 0 radical (unpaired) electrons. The molecule has 0 bridgehead atoms. The molecule has 0 aliphatic rings. The smallest absolute Gasteiger partial charge is 0.227 e. The SMILES string of the molecule is c1ccc(-c2nc(-c3ccc4ccc5ccc6ccc7nc(-c8ccccc8)oc7c6c5c4c3)nc(-c3ccc4c(c3)c3ccccc3n4-c3ccccc3)n2)cc1. The molecule has 3 heterocycles. The fraction of sp³-hybridized carbons (Fsp3) is 0. The van der Waals surface area contributed by atoms with Crippen molar-refractivity contribution in [1.82, 2.24) is 24.5 Å². The van der Waals surface area contributed by atoms with Crippen LogP contribution in [0.5, 0.6) is 0 Å². The Labute approximate surface area is 332 Å². The van der Waals surface area contributed by atoms with Gasteiger partial charge in [0.2, 0.25) is 5.89 Å². The van der Waals surface area contributed by atoms with E-state index in [-0.39, 0.29) is 0 Å². The number of oxazole rings is 1. The van der Waals surface area contributed by atoms with Crippen LogP contribution in [-0.4, -0.2) is 24.5 Å². The summed E-state index contributed by atoms with van der Waals surface area (Å²) in [4.78, 5) is 20.4. The van der Waals surface area contributed by atoms with Crippen LogP contribution in [0.2, 0.25) is 0 Å². The van der Waals surface area contributed by atoms with E-state index >= 15 is 0 Å². The second-order valence-electron chi connectivity index (χ2n) is 14.7. The fourth-order valence-electron chi connectivity index (χ4n) is 8.50. The predicted molar refractivity (Wildman–Crippen MR) is 236 cm³/mol. The van der Waals surface area contributed by atoms with Gasteiger partial charge in [0, 0.05) is 49.5 Å². The van der Waals surface area contributed by atoms with E-state index in [4.69, 9.17) is 24.4 Å². The lowest BCUT2D eigenvalue weighted by molar-refractivity contribution is 0.623. The summed E-state index contributed by atoms with van der Waals surface area (Å²) >= 11 is 0. The van der Waals surface area contributed by atoms with Gasteiger partial charge in [-0.1, -0.05) is 127 Å². The monoisotopic (exact) mass is 741 g/mol. The van der Waals surface area contributed by atoms with Crippen LogP contribution in [0, 0.1) is 0 Å². The number of hydrogen-bond donors (Lipinski definition) is 0. The van der Waals surface area contributed by atoms with Gasteiger partial charge >= 0.3 is 0 Å². The van der Waals surface area contributed by atoms with Crippen molar-refractivity contribution in [3.05, 3.63) is 188 Å². The number of nitrogens with zero attached hydrogens (tertiary/aromatic N) is 5. The summed E-state index contributed by atoms with van der Waals surface area (Å²) in [5.74, 6) is 2.44. The molecule has 58 heavy (non-hydrogen) atoms. The van der Waals surface area contributed by atoms with E-state index in [1.807, 2.05) is 66.7 Å². The minimum Gasteiger partial charge on any atom is -0.435 e. The summed E-state index contributed by atoms with van der Waals surface area (Å²) in [6, 6.07) is 65.2. The van der Waals surface area contributed by atoms with Crippen molar-refractivity contribution in [2.45, 2.75) is 0 Å². The molecule has 0 atom stereocenters. The third kappa shape index (κ3) is 5.12. The van der Waals surface area contributed by atoms with E-state index in [1.165, 1.54) is 5.39 Å². The summed E-state index contributed by atoms with van der Waals surface area (Å²) in [5.41, 5.74) is 8.68. The van der Waals surface area contributed by atoms with Crippen LogP contribution >= 0.6 is 0 Å². The first-order chi connectivity index (χ1) is 28.7. The van der Waals surface area contributed by atoms with Gasteiger partial charge in [-0.3, -0.25) is 0 Å². The molecule has 0 amide bonds. The fourth-order valence-corrected chi connectivity index (χ4v) is 8.50. The van der Waals surface area contributed by atoms with E-state index in [2.05, 4.69) is 126 Å². The molecule has 0 spiro atoms. The molecule has 12 aromatic rings. The highest BCUT2D eigenvalue weighted by Crippen LogP contribution is 2.40. The lowest BCUT2D eigenvalue weighted by Gasteiger charge is -2.12. The van der Waals surface area contributed by atoms with Gasteiger partial charge in [-0.25, -0.2) is 19.9 Å². The summed E-state index contributed by atoms with van der Waals surface area (Å²) in [5, 5.41) is 8.86. The highest BCUT2D eigenvalue weighted by molar-refractivity contribution is 6.26. The number of aromatic nitrogens is 5. The molecule has 0 N–H and O–H groups in total. The maximum atomic E-state index is 6.61. The van der Waals surface area contributed by atoms with E-state index in [9.17, 15) is 0 Å². The first-order valence-corrected chi connectivity index (χ1v) is 19.4. The van der Waals surface area contributed by atoms with Gasteiger partial charge in [0.25, 0.3) is 0 Å². The zero-order valence-corrected chi connectivity index (χ0v) is 31.0. The minimum absolute atomic E-state index is 0.603. The Kier molecular flexibility index (Phi) is 7.13. The number of para-hydroxylation sites is 2. The normalized spacial score (nSPS) is 11.8. The van der Waals surface area contributed by atoms with Crippen molar-refractivity contribution < 1.29 is 4.42 Å². The van der Waals surface area contributed by atoms with Crippen LogP contribution in [0.25, 0.3) is 117 Å². The van der Waals surface area contributed by atoms with Gasteiger partial charge in [-0.2, -0.15) is 0 Å². The molecule has 270 valence electrons. The maximum absolute atomic E-state index is 6.61. The number of rotatable bonds is 5. The van der Waals surface area contributed by atoms with Crippen molar-refractivity contribution in [1.29, 1.82) is 0 Å². The highest BCUT2D eigenvalue weighted by Gasteiger charge is 2.19. The molecule has 12 rings (SSSR count). The molecule has 0 saturated carbocycles. The van der Waals surface area contributed by atoms with Crippen molar-refractivity contribution in [2.24, 2.45) is 0 Å². The van der Waals surface area contributed by atoms with Crippen molar-refractivity contribution in [3.8, 4) is 51.3 Å². The Morgan fingerprint density at radius 2 is 0.897 bits per heavy atom. The van der Waals surface area contributed by atoms with E-state index in [1.54, 1.807) is 0 Å². The molecule has 6 heteroatoms. The van der Waals surface area contributed by atoms with Gasteiger partial charge in [-0.05, 0) is 82.2 Å². The van der Waals surface area contributed by atoms with Crippen LogP contribution in [0.1, 0.15) is 0 Å². The molecule has 0 aliphatic heterocycles.